The topological polar surface area (TPSA) is 61.4 Å². The Labute approximate surface area is 126 Å². The largest absolute Gasteiger partial charge is 0.396 e. The van der Waals surface area contributed by atoms with E-state index in [9.17, 15) is 9.90 Å². The minimum absolute atomic E-state index is 0.0322. The third-order valence-electron chi connectivity index (χ3n) is 4.80. The first-order chi connectivity index (χ1) is 10.2. The summed E-state index contributed by atoms with van der Waals surface area (Å²) in [4.78, 5) is 12.5. The predicted octanol–water partition coefficient (Wildman–Crippen LogP) is 2.57. The molecule has 21 heavy (non-hydrogen) atoms. The van der Waals surface area contributed by atoms with Crippen LogP contribution >= 0.6 is 0 Å². The number of hydrogen-bond donors (Lipinski definition) is 3. The van der Waals surface area contributed by atoms with E-state index in [4.69, 9.17) is 0 Å². The van der Waals surface area contributed by atoms with Crippen molar-refractivity contribution in [1.82, 2.24) is 5.32 Å². The summed E-state index contributed by atoms with van der Waals surface area (Å²) in [5, 5.41) is 16.0. The van der Waals surface area contributed by atoms with Gasteiger partial charge < -0.3 is 15.7 Å². The van der Waals surface area contributed by atoms with Crippen molar-refractivity contribution in [2.24, 2.45) is 5.41 Å². The second kappa shape index (κ2) is 6.94. The van der Waals surface area contributed by atoms with E-state index in [0.29, 0.717) is 6.54 Å². The number of rotatable bonds is 6. The lowest BCUT2D eigenvalue weighted by atomic mass is 9.83. The minimum Gasteiger partial charge on any atom is -0.396 e. The molecule has 0 aromatic heterocycles. The Balaban J connectivity index is 2.11. The lowest BCUT2D eigenvalue weighted by molar-refractivity contribution is 0.0850. The van der Waals surface area contributed by atoms with E-state index in [1.807, 2.05) is 18.2 Å². The van der Waals surface area contributed by atoms with E-state index in [0.717, 1.165) is 49.0 Å². The van der Waals surface area contributed by atoms with Gasteiger partial charge in [-0.15, -0.1) is 0 Å². The maximum absolute atomic E-state index is 12.5. The number of benzene rings is 1. The Kier molecular flexibility index (Phi) is 5.23. The second-order valence-electron chi connectivity index (χ2n) is 5.91. The van der Waals surface area contributed by atoms with Crippen LogP contribution in [0.1, 0.15) is 49.0 Å². The Bertz CT molecular complexity index is 487. The lowest BCUT2D eigenvalue weighted by Crippen LogP contribution is -2.39. The van der Waals surface area contributed by atoms with Crippen molar-refractivity contribution < 1.29 is 9.90 Å². The van der Waals surface area contributed by atoms with Gasteiger partial charge in [0.15, 0.2) is 0 Å². The molecular formula is C17H26N2O2. The molecule has 1 aromatic carbocycles. The number of carbonyl (C=O) groups is 1. The molecule has 116 valence electrons. The van der Waals surface area contributed by atoms with E-state index in [1.54, 1.807) is 0 Å². The summed E-state index contributed by atoms with van der Waals surface area (Å²) in [6, 6.07) is 5.84. The molecule has 0 spiro atoms. The molecule has 0 saturated heterocycles. The Morgan fingerprint density at radius 1 is 1.38 bits per heavy atom. The standard InChI is InChI=1S/C17H26N2O2/c1-3-17(4-2,12-20)11-19-16(21)14-7-5-9-15-13(14)8-6-10-18-15/h5,7,9,18,20H,3-4,6,8,10-12H2,1-2H3,(H,19,21). The van der Waals surface area contributed by atoms with Crippen LogP contribution in [0, 0.1) is 5.41 Å². The molecule has 1 aliphatic heterocycles. The first-order valence-corrected chi connectivity index (χ1v) is 7.90. The van der Waals surface area contributed by atoms with Crippen molar-refractivity contribution >= 4 is 11.6 Å². The molecule has 4 heteroatoms. The summed E-state index contributed by atoms with van der Waals surface area (Å²) in [5.74, 6) is -0.0322. The molecule has 1 heterocycles. The normalized spacial score (nSPS) is 14.2. The van der Waals surface area contributed by atoms with Crippen molar-refractivity contribution in [2.45, 2.75) is 39.5 Å². The SMILES string of the molecule is CCC(CC)(CO)CNC(=O)c1cccc2c1CCCN2. The molecule has 0 saturated carbocycles. The lowest BCUT2D eigenvalue weighted by Gasteiger charge is -2.30. The number of aliphatic hydroxyl groups excluding tert-OH is 1. The van der Waals surface area contributed by atoms with Gasteiger partial charge >= 0.3 is 0 Å². The van der Waals surface area contributed by atoms with Crippen molar-refractivity contribution in [3.63, 3.8) is 0 Å². The van der Waals surface area contributed by atoms with Gasteiger partial charge in [-0.05, 0) is 43.4 Å². The van der Waals surface area contributed by atoms with Crippen LogP contribution in [-0.4, -0.2) is 30.7 Å². The van der Waals surface area contributed by atoms with Crippen molar-refractivity contribution in [1.29, 1.82) is 0 Å². The van der Waals surface area contributed by atoms with Crippen LogP contribution in [0.5, 0.6) is 0 Å². The van der Waals surface area contributed by atoms with E-state index in [1.165, 1.54) is 0 Å². The van der Waals surface area contributed by atoms with Gasteiger partial charge in [0, 0.05) is 29.8 Å². The number of carbonyl (C=O) groups excluding carboxylic acids is 1. The monoisotopic (exact) mass is 290 g/mol. The van der Waals surface area contributed by atoms with Crippen LogP contribution in [0.2, 0.25) is 0 Å². The maximum atomic E-state index is 12.5. The molecule has 0 fully saturated rings. The van der Waals surface area contributed by atoms with Crippen LogP contribution in [0.15, 0.2) is 18.2 Å². The first kappa shape index (κ1) is 15.8. The van der Waals surface area contributed by atoms with Crippen LogP contribution < -0.4 is 10.6 Å². The van der Waals surface area contributed by atoms with Gasteiger partial charge in [0.05, 0.1) is 6.61 Å². The molecule has 0 aliphatic carbocycles. The molecule has 1 aromatic rings. The van der Waals surface area contributed by atoms with E-state index < -0.39 is 0 Å². The molecule has 3 N–H and O–H groups in total. The van der Waals surface area contributed by atoms with Crippen LogP contribution in [0.3, 0.4) is 0 Å². The summed E-state index contributed by atoms with van der Waals surface area (Å²) in [7, 11) is 0. The first-order valence-electron chi connectivity index (χ1n) is 7.90. The van der Waals surface area contributed by atoms with Gasteiger partial charge in [0.1, 0.15) is 0 Å². The second-order valence-corrected chi connectivity index (χ2v) is 5.91. The molecular weight excluding hydrogens is 264 g/mol. The summed E-state index contributed by atoms with van der Waals surface area (Å²) in [6.07, 6.45) is 3.71. The van der Waals surface area contributed by atoms with Gasteiger partial charge in [0.2, 0.25) is 0 Å². The molecule has 1 aliphatic rings. The number of nitrogens with one attached hydrogen (secondary N) is 2. The highest BCUT2D eigenvalue weighted by molar-refractivity contribution is 5.97. The van der Waals surface area contributed by atoms with Gasteiger partial charge in [0.25, 0.3) is 5.91 Å². The van der Waals surface area contributed by atoms with Crippen LogP contribution in [0.25, 0.3) is 0 Å². The molecule has 0 atom stereocenters. The van der Waals surface area contributed by atoms with Crippen molar-refractivity contribution in [3.8, 4) is 0 Å². The summed E-state index contributed by atoms with van der Waals surface area (Å²) >= 11 is 0. The molecule has 0 unspecified atom stereocenters. The average molecular weight is 290 g/mol. The van der Waals surface area contributed by atoms with E-state index in [-0.39, 0.29) is 17.9 Å². The Hall–Kier alpha value is -1.55. The zero-order valence-electron chi connectivity index (χ0n) is 13.0. The van der Waals surface area contributed by atoms with Gasteiger partial charge in [-0.1, -0.05) is 19.9 Å². The van der Waals surface area contributed by atoms with E-state index >= 15 is 0 Å². The van der Waals surface area contributed by atoms with Gasteiger partial charge in [-0.3, -0.25) is 4.79 Å². The number of hydrogen-bond acceptors (Lipinski definition) is 3. The fraction of sp³-hybridized carbons (Fsp3) is 0.588. The van der Waals surface area contributed by atoms with Crippen LogP contribution in [-0.2, 0) is 6.42 Å². The molecule has 4 nitrogen and oxygen atoms in total. The predicted molar refractivity (Wildman–Crippen MR) is 85.7 cm³/mol. The van der Waals surface area contributed by atoms with Crippen LogP contribution in [0.4, 0.5) is 5.69 Å². The average Bonchev–Trinajstić information content (AvgIpc) is 2.56. The molecule has 0 radical (unpaired) electrons. The quantitative estimate of drug-likeness (QED) is 0.754. The minimum atomic E-state index is -0.206. The van der Waals surface area contributed by atoms with Gasteiger partial charge in [-0.25, -0.2) is 0 Å². The molecule has 2 rings (SSSR count). The molecule has 1 amide bonds. The third kappa shape index (κ3) is 3.38. The number of amides is 1. The number of anilines is 1. The fourth-order valence-electron chi connectivity index (χ4n) is 2.87. The Morgan fingerprint density at radius 3 is 2.81 bits per heavy atom. The number of aliphatic hydroxyl groups is 1. The summed E-state index contributed by atoms with van der Waals surface area (Å²) in [5.41, 5.74) is 2.75. The fourth-order valence-corrected chi connectivity index (χ4v) is 2.87. The van der Waals surface area contributed by atoms with Crippen molar-refractivity contribution in [2.75, 3.05) is 25.0 Å². The molecule has 0 bridgehead atoms. The summed E-state index contributed by atoms with van der Waals surface area (Å²) < 4.78 is 0. The van der Waals surface area contributed by atoms with Gasteiger partial charge in [-0.2, -0.15) is 0 Å². The highest BCUT2D eigenvalue weighted by Gasteiger charge is 2.26. The van der Waals surface area contributed by atoms with Crippen molar-refractivity contribution in [3.05, 3.63) is 29.3 Å². The highest BCUT2D eigenvalue weighted by Crippen LogP contribution is 2.27. The zero-order valence-corrected chi connectivity index (χ0v) is 13.0. The summed E-state index contributed by atoms with van der Waals surface area (Å²) in [6.45, 7) is 5.71. The third-order valence-corrected chi connectivity index (χ3v) is 4.80. The zero-order chi connectivity index (χ0) is 15.3. The maximum Gasteiger partial charge on any atom is 0.251 e. The Morgan fingerprint density at radius 2 is 2.14 bits per heavy atom. The smallest absolute Gasteiger partial charge is 0.251 e. The number of fused-ring (bicyclic) bond motifs is 1. The van der Waals surface area contributed by atoms with E-state index in [2.05, 4.69) is 24.5 Å². The highest BCUT2D eigenvalue weighted by atomic mass is 16.3.